The number of amides is 3. The molecule has 0 saturated carbocycles. The summed E-state index contributed by atoms with van der Waals surface area (Å²) in [5.41, 5.74) is 6.28. The largest absolute Gasteiger partial charge is 0.481 e. The molecule has 206 valence electrons. The zero-order chi connectivity index (χ0) is 29.3. The number of thiocarbonyl (C=S) groups is 1. The second-order valence-corrected chi connectivity index (χ2v) is 9.80. The Morgan fingerprint density at radius 3 is 2.29 bits per heavy atom. The van der Waals surface area contributed by atoms with Crippen LogP contribution in [0.2, 0.25) is 0 Å². The smallest absolute Gasteiger partial charge is 0.313 e. The molecule has 1 aliphatic heterocycles. The number of hydrogen-bond donors (Lipinski definition) is 3. The highest BCUT2D eigenvalue weighted by molar-refractivity contribution is 7.96. The zero-order valence-electron chi connectivity index (χ0n) is 19.9. The van der Waals surface area contributed by atoms with Gasteiger partial charge >= 0.3 is 10.1 Å². The first kappa shape index (κ1) is 32.4. The van der Waals surface area contributed by atoms with Crippen LogP contribution >= 0.6 is 24.8 Å². The lowest BCUT2D eigenvalue weighted by Crippen LogP contribution is -2.69. The van der Waals surface area contributed by atoms with Gasteiger partial charge < -0.3 is 10.1 Å². The minimum Gasteiger partial charge on any atom is -0.481 e. The average molecular weight is 591 g/mol. The van der Waals surface area contributed by atoms with Crippen LogP contribution in [0.5, 0.6) is 0 Å². The van der Waals surface area contributed by atoms with Crippen molar-refractivity contribution < 1.29 is 41.8 Å². The molecule has 1 atom stereocenters. The number of ether oxygens (including phenoxy) is 1. The summed E-state index contributed by atoms with van der Waals surface area (Å²) in [7, 11) is -5.52. The molecule has 0 radical (unpaired) electrons. The van der Waals surface area contributed by atoms with Crippen LogP contribution in [-0.4, -0.2) is 62.3 Å². The summed E-state index contributed by atoms with van der Waals surface area (Å²) < 4.78 is 40.0. The molecule has 38 heavy (non-hydrogen) atoms. The van der Waals surface area contributed by atoms with Crippen LogP contribution in [0, 0.1) is 10.1 Å². The van der Waals surface area contributed by atoms with Gasteiger partial charge in [0, 0.05) is 30.6 Å². The molecule has 16 nitrogen and oxygen atoms in total. The van der Waals surface area contributed by atoms with E-state index in [9.17, 15) is 42.3 Å². The number of nitrogens with zero attached hydrogens (tertiary/aromatic N) is 5. The Bertz CT molecular complexity index is 1300. The third-order valence-corrected chi connectivity index (χ3v) is 6.74. The van der Waals surface area contributed by atoms with Crippen molar-refractivity contribution in [3.63, 3.8) is 0 Å². The molecule has 1 saturated heterocycles. The second kappa shape index (κ2) is 13.8. The van der Waals surface area contributed by atoms with Crippen LogP contribution in [0.3, 0.4) is 0 Å². The van der Waals surface area contributed by atoms with Crippen LogP contribution in [0.25, 0.3) is 10.4 Å². The van der Waals surface area contributed by atoms with Gasteiger partial charge in [-0.05, 0) is 29.9 Å². The standard InChI is InChI=1S/C16H16N6O9S2.C3H6OS/c1-2-13(32)31-8-16(33(28,29)30,21-11(23)6-7-12(21)24)18-15(25)9-4-3-5-10(19-20-17)14(9)22(26)27;1-2-3(4)5/h3-5H,2,6-8H2,1H3,(H,18,25)(H,28,29,30);2H2,1H3,(H,4,5). The fourth-order valence-electron chi connectivity index (χ4n) is 2.95. The van der Waals surface area contributed by atoms with Gasteiger partial charge in [-0.15, -0.1) is 12.6 Å². The average Bonchev–Trinajstić information content (AvgIpc) is 3.18. The lowest BCUT2D eigenvalue weighted by molar-refractivity contribution is -0.384. The number of thiol groups is 1. The van der Waals surface area contributed by atoms with E-state index in [0.717, 1.165) is 18.2 Å². The Balaban J connectivity index is 0.00000132. The Hall–Kier alpha value is -3.64. The molecule has 19 heteroatoms. The van der Waals surface area contributed by atoms with Crippen molar-refractivity contribution in [2.24, 2.45) is 5.11 Å². The minimum atomic E-state index is -5.52. The first-order valence-electron chi connectivity index (χ1n) is 10.5. The van der Waals surface area contributed by atoms with E-state index < -0.39 is 74.1 Å². The molecule has 1 heterocycles. The van der Waals surface area contributed by atoms with Gasteiger partial charge in [0.05, 0.1) is 4.92 Å². The predicted octanol–water partition coefficient (Wildman–Crippen LogP) is 2.56. The van der Waals surface area contributed by atoms with Crippen molar-refractivity contribution in [3.05, 3.63) is 44.3 Å². The molecule has 0 aliphatic carbocycles. The van der Waals surface area contributed by atoms with Crippen LogP contribution in [0.4, 0.5) is 11.4 Å². The summed E-state index contributed by atoms with van der Waals surface area (Å²) in [5.74, 6) is -3.60. The monoisotopic (exact) mass is 590 g/mol. The summed E-state index contributed by atoms with van der Waals surface area (Å²) in [5, 5.41) is 16.2. The molecule has 0 bridgehead atoms. The number of nitrogens with one attached hydrogen (secondary N) is 1. The van der Waals surface area contributed by atoms with Gasteiger partial charge in [0.25, 0.3) is 16.6 Å². The third kappa shape index (κ3) is 7.68. The molecule has 0 aromatic heterocycles. The number of rotatable bonds is 10. The maximum atomic E-state index is 13.0. The van der Waals surface area contributed by atoms with E-state index >= 15 is 0 Å². The molecule has 1 aromatic carbocycles. The predicted molar refractivity (Wildman–Crippen MR) is 138 cm³/mol. The second-order valence-electron chi connectivity index (χ2n) is 7.22. The van der Waals surface area contributed by atoms with Gasteiger partial charge in [0.1, 0.15) is 17.9 Å². The Kier molecular flexibility index (Phi) is 11.7. The SMILES string of the molecule is CCC(=O)S.CCC(=S)OCC(NC(=O)c1cccc(N=[N+]=[N-])c1[N+](=O)[O-])(N1C(=O)CCC1=O)S(=O)(=O)O. The van der Waals surface area contributed by atoms with Crippen molar-refractivity contribution in [2.75, 3.05) is 6.61 Å². The van der Waals surface area contributed by atoms with E-state index in [1.54, 1.807) is 13.8 Å². The highest BCUT2D eigenvalue weighted by Gasteiger charge is 2.58. The summed E-state index contributed by atoms with van der Waals surface area (Å²) in [6.07, 6.45) is -0.205. The van der Waals surface area contributed by atoms with Gasteiger partial charge in [0.2, 0.25) is 11.8 Å². The first-order chi connectivity index (χ1) is 17.7. The van der Waals surface area contributed by atoms with Crippen molar-refractivity contribution in [1.29, 1.82) is 0 Å². The molecule has 1 aromatic rings. The summed E-state index contributed by atoms with van der Waals surface area (Å²) in [6.45, 7) is 2.13. The molecule has 3 amide bonds. The van der Waals surface area contributed by atoms with E-state index in [1.165, 1.54) is 0 Å². The van der Waals surface area contributed by atoms with Crippen molar-refractivity contribution in [2.45, 2.75) is 44.5 Å². The summed E-state index contributed by atoms with van der Waals surface area (Å²) >= 11 is 8.31. The van der Waals surface area contributed by atoms with Crippen molar-refractivity contribution in [3.8, 4) is 0 Å². The van der Waals surface area contributed by atoms with Crippen LogP contribution < -0.4 is 5.32 Å². The van der Waals surface area contributed by atoms with Crippen LogP contribution in [0.1, 0.15) is 49.9 Å². The van der Waals surface area contributed by atoms with E-state index in [-0.39, 0.29) is 21.5 Å². The number of azide groups is 1. The first-order valence-corrected chi connectivity index (χ1v) is 12.8. The number of carbonyl (C=O) groups is 4. The van der Waals surface area contributed by atoms with Gasteiger partial charge in [-0.25, -0.2) is 4.90 Å². The van der Waals surface area contributed by atoms with E-state index in [4.69, 9.17) is 22.5 Å². The number of nitro benzene ring substituents is 1. The summed E-state index contributed by atoms with van der Waals surface area (Å²) in [4.78, 5) is 57.2. The normalized spacial score (nSPS) is 14.4. The Morgan fingerprint density at radius 2 is 1.87 bits per heavy atom. The van der Waals surface area contributed by atoms with Gasteiger partial charge in [-0.2, -0.15) is 8.42 Å². The van der Waals surface area contributed by atoms with Crippen molar-refractivity contribution in [1.82, 2.24) is 10.2 Å². The molecule has 2 N–H and O–H groups in total. The minimum absolute atomic E-state index is 0.0509. The fourth-order valence-corrected chi connectivity index (χ4v) is 3.87. The summed E-state index contributed by atoms with van der Waals surface area (Å²) in [6, 6.07) is 3.04. The molecular weight excluding hydrogens is 568 g/mol. The van der Waals surface area contributed by atoms with E-state index in [2.05, 4.69) is 22.7 Å². The number of carbonyl (C=O) groups excluding carboxylic acids is 4. The molecule has 1 aliphatic rings. The number of imide groups is 1. The number of hydrogen-bond acceptors (Lipinski definition) is 11. The number of para-hydroxylation sites is 1. The molecule has 2 rings (SSSR count). The number of benzene rings is 1. The van der Waals surface area contributed by atoms with Crippen LogP contribution in [-0.2, 0) is 29.2 Å². The molecule has 1 unspecified atom stereocenters. The molecule has 1 fully saturated rings. The topological polar surface area (TPSA) is 239 Å². The highest BCUT2D eigenvalue weighted by atomic mass is 32.2. The molecule has 0 spiro atoms. The lowest BCUT2D eigenvalue weighted by atomic mass is 10.1. The number of nitro groups is 1. The van der Waals surface area contributed by atoms with E-state index in [1.807, 2.05) is 5.32 Å². The Morgan fingerprint density at radius 1 is 1.32 bits per heavy atom. The fraction of sp³-hybridized carbons (Fsp3) is 0.421. The quantitative estimate of drug-likeness (QED) is 0.0411. The third-order valence-electron chi connectivity index (χ3n) is 4.76. The van der Waals surface area contributed by atoms with Crippen LogP contribution in [0.15, 0.2) is 23.3 Å². The number of likely N-dealkylation sites (tertiary alicyclic amines) is 1. The maximum absolute atomic E-state index is 13.0. The van der Waals surface area contributed by atoms with Gasteiger partial charge in [-0.3, -0.25) is 33.8 Å². The zero-order valence-corrected chi connectivity index (χ0v) is 22.4. The van der Waals surface area contributed by atoms with Crippen molar-refractivity contribution >= 4 is 74.2 Å². The van der Waals surface area contributed by atoms with E-state index in [0.29, 0.717) is 6.42 Å². The molecular formula is C19H22N6O10S3. The van der Waals surface area contributed by atoms with Gasteiger partial charge in [0.15, 0.2) is 10.2 Å². The Labute approximate surface area is 226 Å². The van der Waals surface area contributed by atoms with Gasteiger partial charge in [-0.1, -0.05) is 25.0 Å². The maximum Gasteiger partial charge on any atom is 0.313 e. The lowest BCUT2D eigenvalue weighted by Gasteiger charge is -2.37. The highest BCUT2D eigenvalue weighted by Crippen LogP contribution is 2.33.